The predicted molar refractivity (Wildman–Crippen MR) is 79.9 cm³/mol. The maximum Gasteiger partial charge on any atom is 0.188 e. The summed E-state index contributed by atoms with van der Waals surface area (Å²) >= 11 is 0. The van der Waals surface area contributed by atoms with Crippen molar-refractivity contribution in [3.8, 4) is 0 Å². The average molecular weight is 256 g/mol. The Balaban J connectivity index is 3.40. The van der Waals surface area contributed by atoms with E-state index in [1.165, 1.54) is 19.3 Å². The lowest BCUT2D eigenvalue weighted by Crippen LogP contribution is -2.39. The zero-order valence-corrected chi connectivity index (χ0v) is 12.4. The van der Waals surface area contributed by atoms with Gasteiger partial charge in [-0.2, -0.15) is 0 Å². The van der Waals surface area contributed by atoms with E-state index in [0.29, 0.717) is 11.9 Å². The number of nitrogens with one attached hydrogen (secondary N) is 3. The summed E-state index contributed by atoms with van der Waals surface area (Å²) in [5.74, 6) is 1.82. The lowest BCUT2D eigenvalue weighted by Gasteiger charge is -2.15. The molecular weight excluding hydrogens is 224 g/mol. The number of guanidine groups is 1. The monoisotopic (exact) mass is 256 g/mol. The number of rotatable bonds is 10. The Labute approximate surface area is 113 Å². The van der Waals surface area contributed by atoms with E-state index in [1.54, 1.807) is 0 Å². The van der Waals surface area contributed by atoms with Crippen LogP contribution in [0.25, 0.3) is 0 Å². The highest BCUT2D eigenvalue weighted by Crippen LogP contribution is 2.05. The van der Waals surface area contributed by atoms with Gasteiger partial charge in [0.1, 0.15) is 0 Å². The summed E-state index contributed by atoms with van der Waals surface area (Å²) in [6, 6.07) is 0. The quantitative estimate of drug-likeness (QED) is 0.275. The van der Waals surface area contributed by atoms with E-state index >= 15 is 0 Å². The normalized spacial score (nSPS) is 12.5. The Hall–Kier alpha value is -0.770. The summed E-state index contributed by atoms with van der Waals surface area (Å²) in [6.07, 6.45) is 5.83. The summed E-state index contributed by atoms with van der Waals surface area (Å²) in [5, 5.41) is 14.0. The SMILES string of the molecule is CC(C)CCCNC(=N)NCC(C)CCCCN. The van der Waals surface area contributed by atoms with Crippen molar-refractivity contribution in [2.24, 2.45) is 17.6 Å². The van der Waals surface area contributed by atoms with Crippen LogP contribution in [0.4, 0.5) is 0 Å². The van der Waals surface area contributed by atoms with Crippen molar-refractivity contribution < 1.29 is 0 Å². The smallest absolute Gasteiger partial charge is 0.188 e. The molecule has 0 bridgehead atoms. The summed E-state index contributed by atoms with van der Waals surface area (Å²) in [5.41, 5.74) is 5.47. The van der Waals surface area contributed by atoms with E-state index in [9.17, 15) is 0 Å². The van der Waals surface area contributed by atoms with Crippen molar-refractivity contribution >= 4 is 5.96 Å². The largest absolute Gasteiger partial charge is 0.357 e. The molecule has 108 valence electrons. The van der Waals surface area contributed by atoms with Gasteiger partial charge in [0.2, 0.25) is 0 Å². The fourth-order valence-electron chi connectivity index (χ4n) is 1.80. The van der Waals surface area contributed by atoms with Gasteiger partial charge in [-0.3, -0.25) is 5.41 Å². The third-order valence-electron chi connectivity index (χ3n) is 3.04. The van der Waals surface area contributed by atoms with E-state index in [4.69, 9.17) is 11.1 Å². The molecule has 18 heavy (non-hydrogen) atoms. The first-order chi connectivity index (χ1) is 8.56. The van der Waals surface area contributed by atoms with Gasteiger partial charge in [-0.15, -0.1) is 0 Å². The molecular formula is C14H32N4. The van der Waals surface area contributed by atoms with Crippen LogP contribution in [0.2, 0.25) is 0 Å². The highest BCUT2D eigenvalue weighted by molar-refractivity contribution is 5.76. The minimum Gasteiger partial charge on any atom is -0.357 e. The molecule has 1 unspecified atom stereocenters. The topological polar surface area (TPSA) is 73.9 Å². The molecule has 0 aromatic heterocycles. The van der Waals surface area contributed by atoms with Crippen molar-refractivity contribution in [1.29, 1.82) is 5.41 Å². The van der Waals surface area contributed by atoms with Gasteiger partial charge in [0.05, 0.1) is 0 Å². The molecule has 0 aliphatic heterocycles. The summed E-state index contributed by atoms with van der Waals surface area (Å²) in [6.45, 7) is 9.23. The third-order valence-corrected chi connectivity index (χ3v) is 3.04. The van der Waals surface area contributed by atoms with E-state index in [2.05, 4.69) is 31.4 Å². The number of hydrogen-bond acceptors (Lipinski definition) is 2. The van der Waals surface area contributed by atoms with Crippen LogP contribution in [0.15, 0.2) is 0 Å². The highest BCUT2D eigenvalue weighted by atomic mass is 15.1. The Morgan fingerprint density at radius 2 is 1.78 bits per heavy atom. The molecule has 4 heteroatoms. The second kappa shape index (κ2) is 11.3. The minimum atomic E-state index is 0.462. The number of nitrogens with two attached hydrogens (primary N) is 1. The summed E-state index contributed by atoms with van der Waals surface area (Å²) in [7, 11) is 0. The van der Waals surface area contributed by atoms with E-state index in [0.717, 1.165) is 38.4 Å². The Morgan fingerprint density at radius 3 is 2.39 bits per heavy atom. The van der Waals surface area contributed by atoms with Gasteiger partial charge in [0.15, 0.2) is 5.96 Å². The van der Waals surface area contributed by atoms with Gasteiger partial charge in [0.25, 0.3) is 0 Å². The maximum atomic E-state index is 7.74. The van der Waals surface area contributed by atoms with Crippen molar-refractivity contribution in [3.05, 3.63) is 0 Å². The Morgan fingerprint density at radius 1 is 1.06 bits per heavy atom. The van der Waals surface area contributed by atoms with Crippen molar-refractivity contribution in [3.63, 3.8) is 0 Å². The lowest BCUT2D eigenvalue weighted by atomic mass is 10.0. The maximum absolute atomic E-state index is 7.74. The molecule has 0 saturated carbocycles. The highest BCUT2D eigenvalue weighted by Gasteiger charge is 2.03. The van der Waals surface area contributed by atoms with Crippen molar-refractivity contribution in [1.82, 2.24) is 10.6 Å². The van der Waals surface area contributed by atoms with Crippen LogP contribution in [0.5, 0.6) is 0 Å². The van der Waals surface area contributed by atoms with Gasteiger partial charge in [-0.05, 0) is 44.1 Å². The molecule has 1 atom stereocenters. The number of hydrogen-bond donors (Lipinski definition) is 4. The summed E-state index contributed by atoms with van der Waals surface area (Å²) < 4.78 is 0. The molecule has 5 N–H and O–H groups in total. The fraction of sp³-hybridized carbons (Fsp3) is 0.929. The summed E-state index contributed by atoms with van der Waals surface area (Å²) in [4.78, 5) is 0. The fourth-order valence-corrected chi connectivity index (χ4v) is 1.80. The van der Waals surface area contributed by atoms with E-state index < -0.39 is 0 Å². The first-order valence-electron chi connectivity index (χ1n) is 7.32. The van der Waals surface area contributed by atoms with E-state index in [1.807, 2.05) is 0 Å². The molecule has 0 aliphatic carbocycles. The first kappa shape index (κ1) is 17.2. The standard InChI is InChI=1S/C14H32N4/c1-12(2)7-6-10-17-14(16)18-11-13(3)8-4-5-9-15/h12-13H,4-11,15H2,1-3H3,(H3,16,17,18). The van der Waals surface area contributed by atoms with Crippen LogP contribution in [0, 0.1) is 17.2 Å². The van der Waals surface area contributed by atoms with Crippen LogP contribution in [0.1, 0.15) is 52.9 Å². The van der Waals surface area contributed by atoms with Gasteiger partial charge in [0, 0.05) is 13.1 Å². The van der Waals surface area contributed by atoms with Gasteiger partial charge in [-0.1, -0.05) is 27.2 Å². The molecule has 0 rings (SSSR count). The Kier molecular flexibility index (Phi) is 10.8. The van der Waals surface area contributed by atoms with E-state index in [-0.39, 0.29) is 0 Å². The van der Waals surface area contributed by atoms with Crippen LogP contribution in [-0.2, 0) is 0 Å². The van der Waals surface area contributed by atoms with Crippen LogP contribution < -0.4 is 16.4 Å². The third kappa shape index (κ3) is 11.7. The molecule has 0 fully saturated rings. The van der Waals surface area contributed by atoms with Crippen molar-refractivity contribution in [2.45, 2.75) is 52.9 Å². The molecule has 0 saturated heterocycles. The van der Waals surface area contributed by atoms with Gasteiger partial charge in [-0.25, -0.2) is 0 Å². The molecule has 0 spiro atoms. The molecule has 0 aromatic carbocycles. The molecule has 0 heterocycles. The second-order valence-corrected chi connectivity index (χ2v) is 5.61. The van der Waals surface area contributed by atoms with Crippen LogP contribution in [0.3, 0.4) is 0 Å². The zero-order valence-electron chi connectivity index (χ0n) is 12.4. The molecule has 0 radical (unpaired) electrons. The predicted octanol–water partition coefficient (Wildman–Crippen LogP) is 2.30. The first-order valence-corrected chi connectivity index (χ1v) is 7.32. The van der Waals surface area contributed by atoms with Crippen LogP contribution >= 0.6 is 0 Å². The van der Waals surface area contributed by atoms with Gasteiger partial charge >= 0.3 is 0 Å². The zero-order chi connectivity index (χ0) is 13.8. The average Bonchev–Trinajstić information content (AvgIpc) is 2.32. The molecule has 0 amide bonds. The molecule has 0 aromatic rings. The molecule has 0 aliphatic rings. The second-order valence-electron chi connectivity index (χ2n) is 5.61. The molecule has 4 nitrogen and oxygen atoms in total. The Bertz CT molecular complexity index is 204. The van der Waals surface area contributed by atoms with Crippen LogP contribution in [-0.4, -0.2) is 25.6 Å². The lowest BCUT2D eigenvalue weighted by molar-refractivity contribution is 0.488. The number of unbranched alkanes of at least 4 members (excludes halogenated alkanes) is 1. The van der Waals surface area contributed by atoms with Gasteiger partial charge < -0.3 is 16.4 Å². The minimum absolute atomic E-state index is 0.462. The van der Waals surface area contributed by atoms with Crippen molar-refractivity contribution in [2.75, 3.05) is 19.6 Å².